The third kappa shape index (κ3) is 1.96. The maximum atomic E-state index is 10.5. The third-order valence-corrected chi connectivity index (χ3v) is 2.08. The maximum Gasteiger partial charge on any atom is 0.349 e. The second-order valence-electron chi connectivity index (χ2n) is 2.06. The summed E-state index contributed by atoms with van der Waals surface area (Å²) in [5, 5.41) is 10.3. The molecular formula is C7H9NO3S. The Morgan fingerprint density at radius 3 is 3.08 bits per heavy atom. The molecule has 0 aliphatic heterocycles. The highest BCUT2D eigenvalue weighted by Crippen LogP contribution is 2.24. The molecule has 0 spiro atoms. The van der Waals surface area contributed by atoms with Crippen LogP contribution in [-0.4, -0.2) is 24.2 Å². The number of rotatable bonds is 4. The highest BCUT2D eigenvalue weighted by molar-refractivity contribution is 7.12. The number of carboxylic acids is 1. The van der Waals surface area contributed by atoms with Gasteiger partial charge in [0, 0.05) is 6.54 Å². The molecule has 1 aromatic heterocycles. The molecule has 1 rings (SSSR count). The van der Waals surface area contributed by atoms with Crippen LogP contribution in [0.2, 0.25) is 0 Å². The molecule has 0 saturated carbocycles. The van der Waals surface area contributed by atoms with Crippen molar-refractivity contribution in [2.75, 3.05) is 13.2 Å². The molecule has 0 fully saturated rings. The van der Waals surface area contributed by atoms with Crippen molar-refractivity contribution in [2.45, 2.75) is 0 Å². The van der Waals surface area contributed by atoms with Crippen molar-refractivity contribution in [1.82, 2.24) is 0 Å². The van der Waals surface area contributed by atoms with E-state index in [4.69, 9.17) is 15.6 Å². The van der Waals surface area contributed by atoms with E-state index in [1.165, 1.54) is 0 Å². The lowest BCUT2D eigenvalue weighted by atomic mass is 10.4. The van der Waals surface area contributed by atoms with Crippen molar-refractivity contribution < 1.29 is 14.6 Å². The van der Waals surface area contributed by atoms with Crippen LogP contribution < -0.4 is 10.5 Å². The van der Waals surface area contributed by atoms with Gasteiger partial charge in [0.05, 0.1) is 0 Å². The number of hydrogen-bond donors (Lipinski definition) is 2. The molecular weight excluding hydrogens is 178 g/mol. The van der Waals surface area contributed by atoms with Crippen LogP contribution in [0.4, 0.5) is 0 Å². The zero-order valence-electron chi connectivity index (χ0n) is 6.32. The van der Waals surface area contributed by atoms with E-state index < -0.39 is 5.97 Å². The molecule has 0 aromatic carbocycles. The third-order valence-electron chi connectivity index (χ3n) is 1.20. The number of ether oxygens (including phenoxy) is 1. The summed E-state index contributed by atoms with van der Waals surface area (Å²) < 4.78 is 5.09. The molecule has 66 valence electrons. The minimum absolute atomic E-state index is 0.225. The van der Waals surface area contributed by atoms with Gasteiger partial charge in [-0.3, -0.25) is 0 Å². The Labute approximate surface area is 73.6 Å². The van der Waals surface area contributed by atoms with Crippen molar-refractivity contribution in [1.29, 1.82) is 0 Å². The molecule has 0 aliphatic rings. The van der Waals surface area contributed by atoms with E-state index in [9.17, 15) is 4.79 Å². The summed E-state index contributed by atoms with van der Waals surface area (Å²) in [7, 11) is 0. The Bertz CT molecular complexity index is 271. The minimum Gasteiger partial charge on any atom is -0.490 e. The molecule has 1 heterocycles. The quantitative estimate of drug-likeness (QED) is 0.730. The van der Waals surface area contributed by atoms with Crippen LogP contribution in [0.25, 0.3) is 0 Å². The van der Waals surface area contributed by atoms with Crippen molar-refractivity contribution >= 4 is 17.3 Å². The number of carboxylic acid groups (broad SMARTS) is 1. The van der Waals surface area contributed by atoms with Crippen LogP contribution in [0.3, 0.4) is 0 Å². The molecule has 0 atom stereocenters. The van der Waals surface area contributed by atoms with Crippen LogP contribution in [0, 0.1) is 0 Å². The highest BCUT2D eigenvalue weighted by Gasteiger charge is 2.11. The average molecular weight is 187 g/mol. The monoisotopic (exact) mass is 187 g/mol. The fraction of sp³-hybridized carbons (Fsp3) is 0.286. The second-order valence-corrected chi connectivity index (χ2v) is 2.97. The second kappa shape index (κ2) is 4.08. The van der Waals surface area contributed by atoms with Gasteiger partial charge in [-0.2, -0.15) is 0 Å². The van der Waals surface area contributed by atoms with E-state index in [2.05, 4.69) is 0 Å². The van der Waals surface area contributed by atoms with Gasteiger partial charge in [-0.05, 0) is 11.4 Å². The van der Waals surface area contributed by atoms with E-state index >= 15 is 0 Å². The lowest BCUT2D eigenvalue weighted by Gasteiger charge is -2.01. The van der Waals surface area contributed by atoms with Gasteiger partial charge in [0.1, 0.15) is 12.4 Å². The molecule has 0 saturated heterocycles. The number of hydrogen-bond acceptors (Lipinski definition) is 4. The van der Waals surface area contributed by atoms with Crippen molar-refractivity contribution in [3.05, 3.63) is 16.3 Å². The van der Waals surface area contributed by atoms with Crippen molar-refractivity contribution in [3.63, 3.8) is 0 Å². The number of nitrogens with two attached hydrogens (primary N) is 1. The van der Waals surface area contributed by atoms with Crippen LogP contribution >= 0.6 is 11.3 Å². The fourth-order valence-electron chi connectivity index (χ4n) is 0.736. The van der Waals surface area contributed by atoms with Crippen LogP contribution in [0.15, 0.2) is 11.4 Å². The standard InChI is InChI=1S/C7H9NO3S/c8-2-3-11-5-1-4-12-6(5)7(9)10/h1,4H,2-3,8H2,(H,9,10). The molecule has 1 aromatic rings. The van der Waals surface area contributed by atoms with Crippen LogP contribution in [0.1, 0.15) is 9.67 Å². The summed E-state index contributed by atoms with van der Waals surface area (Å²) in [6.45, 7) is 0.728. The highest BCUT2D eigenvalue weighted by atomic mass is 32.1. The Hall–Kier alpha value is -1.07. The molecule has 0 bridgehead atoms. The Kier molecular flexibility index (Phi) is 3.07. The van der Waals surface area contributed by atoms with Gasteiger partial charge in [-0.25, -0.2) is 4.79 Å². The molecule has 5 heteroatoms. The van der Waals surface area contributed by atoms with Gasteiger partial charge in [0.2, 0.25) is 0 Å². The number of thiophene rings is 1. The summed E-state index contributed by atoms with van der Waals surface area (Å²) in [4.78, 5) is 10.8. The number of carbonyl (C=O) groups is 1. The summed E-state index contributed by atoms with van der Waals surface area (Å²) in [5.74, 6) is -0.560. The molecule has 0 amide bonds. The van der Waals surface area contributed by atoms with E-state index in [0.29, 0.717) is 18.9 Å². The molecule has 0 radical (unpaired) electrons. The molecule has 0 aliphatic carbocycles. The largest absolute Gasteiger partial charge is 0.490 e. The van der Waals surface area contributed by atoms with Gasteiger partial charge in [-0.15, -0.1) is 11.3 Å². The van der Waals surface area contributed by atoms with E-state index in [1.54, 1.807) is 11.4 Å². The smallest absolute Gasteiger partial charge is 0.349 e. The topological polar surface area (TPSA) is 72.5 Å². The first-order chi connectivity index (χ1) is 5.75. The Morgan fingerprint density at radius 2 is 2.50 bits per heavy atom. The summed E-state index contributed by atoms with van der Waals surface area (Å²) in [6, 6.07) is 1.63. The fourth-order valence-corrected chi connectivity index (χ4v) is 1.41. The van der Waals surface area contributed by atoms with Crippen LogP contribution in [-0.2, 0) is 0 Å². The first-order valence-corrected chi connectivity index (χ1v) is 4.27. The first kappa shape index (κ1) is 9.02. The normalized spacial score (nSPS) is 9.75. The van der Waals surface area contributed by atoms with E-state index in [1.807, 2.05) is 0 Å². The minimum atomic E-state index is -0.961. The van der Waals surface area contributed by atoms with Gasteiger partial charge in [0.25, 0.3) is 0 Å². The summed E-state index contributed by atoms with van der Waals surface area (Å²) in [5.41, 5.74) is 5.20. The molecule has 0 unspecified atom stereocenters. The van der Waals surface area contributed by atoms with Gasteiger partial charge < -0.3 is 15.6 Å². The molecule has 12 heavy (non-hydrogen) atoms. The zero-order chi connectivity index (χ0) is 8.97. The zero-order valence-corrected chi connectivity index (χ0v) is 7.13. The Morgan fingerprint density at radius 1 is 1.75 bits per heavy atom. The maximum absolute atomic E-state index is 10.5. The first-order valence-electron chi connectivity index (χ1n) is 3.39. The van der Waals surface area contributed by atoms with E-state index in [0.717, 1.165) is 11.3 Å². The predicted octanol–water partition coefficient (Wildman–Crippen LogP) is 0.784. The Balaban J connectivity index is 2.70. The summed E-state index contributed by atoms with van der Waals surface area (Å²) >= 11 is 1.14. The predicted molar refractivity (Wildman–Crippen MR) is 45.8 cm³/mol. The van der Waals surface area contributed by atoms with Crippen molar-refractivity contribution in [3.8, 4) is 5.75 Å². The average Bonchev–Trinajstić information content (AvgIpc) is 2.48. The lowest BCUT2D eigenvalue weighted by molar-refractivity contribution is 0.0698. The van der Waals surface area contributed by atoms with E-state index in [-0.39, 0.29) is 4.88 Å². The van der Waals surface area contributed by atoms with Gasteiger partial charge in [0.15, 0.2) is 4.88 Å². The lowest BCUT2D eigenvalue weighted by Crippen LogP contribution is -2.11. The number of aromatic carboxylic acids is 1. The SMILES string of the molecule is NCCOc1ccsc1C(=O)O. The van der Waals surface area contributed by atoms with Crippen molar-refractivity contribution in [2.24, 2.45) is 5.73 Å². The van der Waals surface area contributed by atoms with Crippen LogP contribution in [0.5, 0.6) is 5.75 Å². The summed E-state index contributed by atoms with van der Waals surface area (Å²) in [6.07, 6.45) is 0. The van der Waals surface area contributed by atoms with Gasteiger partial charge in [-0.1, -0.05) is 0 Å². The molecule has 4 nitrogen and oxygen atoms in total. The van der Waals surface area contributed by atoms with Gasteiger partial charge >= 0.3 is 5.97 Å². The molecule has 3 N–H and O–H groups in total.